The number of esters is 1. The molecular weight excluding hydrogens is 308 g/mol. The van der Waals surface area contributed by atoms with Gasteiger partial charge in [-0.05, 0) is 38.5 Å². The smallest absolute Gasteiger partial charge is 0.340 e. The minimum absolute atomic E-state index is 0.111. The van der Waals surface area contributed by atoms with Crippen LogP contribution >= 0.6 is 0 Å². The van der Waals surface area contributed by atoms with Crippen LogP contribution in [0.15, 0.2) is 24.3 Å². The average molecular weight is 328 g/mol. The third kappa shape index (κ3) is 3.37. The van der Waals surface area contributed by atoms with Crippen molar-refractivity contribution >= 4 is 23.2 Å². The number of nitrogens with one attached hydrogen (secondary N) is 2. The van der Waals surface area contributed by atoms with Crippen molar-refractivity contribution in [2.75, 3.05) is 19.0 Å². The lowest BCUT2D eigenvalue weighted by molar-refractivity contribution is 0.0474. The molecule has 0 bridgehead atoms. The maximum absolute atomic E-state index is 12.3. The number of aromatic nitrogens is 1. The number of ether oxygens (including phenoxy) is 1. The van der Waals surface area contributed by atoms with E-state index in [4.69, 9.17) is 4.74 Å². The zero-order valence-electron chi connectivity index (χ0n) is 14.1. The van der Waals surface area contributed by atoms with Crippen molar-refractivity contribution in [3.8, 4) is 0 Å². The van der Waals surface area contributed by atoms with Gasteiger partial charge in [0, 0.05) is 24.0 Å². The molecule has 0 unspecified atom stereocenters. The minimum Gasteiger partial charge on any atom is -0.454 e. The van der Waals surface area contributed by atoms with E-state index in [1.54, 1.807) is 45.2 Å². The van der Waals surface area contributed by atoms with Gasteiger partial charge < -0.3 is 15.0 Å². The van der Waals surface area contributed by atoms with Crippen molar-refractivity contribution in [3.05, 3.63) is 52.3 Å². The third-order valence-corrected chi connectivity index (χ3v) is 3.82. The second kappa shape index (κ2) is 7.12. The van der Waals surface area contributed by atoms with Crippen LogP contribution in [-0.4, -0.2) is 36.2 Å². The van der Waals surface area contributed by atoms with Gasteiger partial charge in [-0.2, -0.15) is 0 Å². The zero-order valence-corrected chi connectivity index (χ0v) is 14.1. The predicted molar refractivity (Wildman–Crippen MR) is 90.9 cm³/mol. The standard InChI is InChI=1S/C18H20N2O4/c1-10-16(12(3)21)11(2)20-17(10)15(22)9-24-18(23)13-7-5-6-8-14(13)19-4/h5-8,19-20H,9H2,1-4H3. The fourth-order valence-electron chi connectivity index (χ4n) is 2.72. The molecule has 0 aliphatic rings. The maximum Gasteiger partial charge on any atom is 0.340 e. The highest BCUT2D eigenvalue weighted by Gasteiger charge is 2.21. The summed E-state index contributed by atoms with van der Waals surface area (Å²) in [5.74, 6) is -1.07. The second-order valence-corrected chi connectivity index (χ2v) is 5.48. The molecule has 0 spiro atoms. The summed E-state index contributed by atoms with van der Waals surface area (Å²) < 4.78 is 5.12. The van der Waals surface area contributed by atoms with Crippen LogP contribution in [0, 0.1) is 13.8 Å². The molecule has 2 rings (SSSR count). The summed E-state index contributed by atoms with van der Waals surface area (Å²) in [5, 5.41) is 2.90. The number of carbonyl (C=O) groups is 3. The van der Waals surface area contributed by atoms with Crippen molar-refractivity contribution in [3.63, 3.8) is 0 Å². The fourth-order valence-corrected chi connectivity index (χ4v) is 2.72. The van der Waals surface area contributed by atoms with Crippen LogP contribution in [0.1, 0.15) is 49.4 Å². The number of para-hydroxylation sites is 1. The van der Waals surface area contributed by atoms with E-state index in [0.29, 0.717) is 33.8 Å². The van der Waals surface area contributed by atoms with Gasteiger partial charge in [-0.25, -0.2) is 4.79 Å². The van der Waals surface area contributed by atoms with E-state index >= 15 is 0 Å². The molecule has 0 radical (unpaired) electrons. The third-order valence-electron chi connectivity index (χ3n) is 3.82. The number of anilines is 1. The Hall–Kier alpha value is -2.89. The van der Waals surface area contributed by atoms with Gasteiger partial charge in [0.05, 0.1) is 11.3 Å². The highest BCUT2D eigenvalue weighted by molar-refractivity contribution is 6.04. The van der Waals surface area contributed by atoms with Crippen LogP contribution in [-0.2, 0) is 4.74 Å². The van der Waals surface area contributed by atoms with Crippen molar-refractivity contribution in [2.24, 2.45) is 0 Å². The molecule has 1 heterocycles. The number of hydrogen-bond acceptors (Lipinski definition) is 5. The van der Waals surface area contributed by atoms with Gasteiger partial charge in [0.15, 0.2) is 12.4 Å². The largest absolute Gasteiger partial charge is 0.454 e. The minimum atomic E-state index is -0.582. The van der Waals surface area contributed by atoms with Crippen molar-refractivity contribution in [1.29, 1.82) is 0 Å². The number of ketones is 2. The first-order chi connectivity index (χ1) is 11.4. The predicted octanol–water partition coefficient (Wildman–Crippen LogP) is 2.92. The first-order valence-corrected chi connectivity index (χ1v) is 7.54. The van der Waals surface area contributed by atoms with Crippen LogP contribution in [0.4, 0.5) is 5.69 Å². The van der Waals surface area contributed by atoms with E-state index in [-0.39, 0.29) is 11.6 Å². The van der Waals surface area contributed by atoms with Gasteiger partial charge in [-0.1, -0.05) is 12.1 Å². The molecule has 1 aromatic carbocycles. The Labute approximate surface area is 140 Å². The topological polar surface area (TPSA) is 88.3 Å². The molecule has 6 heteroatoms. The van der Waals surface area contributed by atoms with Gasteiger partial charge >= 0.3 is 5.97 Å². The molecule has 0 aliphatic carbocycles. The highest BCUT2D eigenvalue weighted by Crippen LogP contribution is 2.20. The summed E-state index contributed by atoms with van der Waals surface area (Å²) >= 11 is 0. The van der Waals surface area contributed by atoms with E-state index in [1.165, 1.54) is 6.92 Å². The van der Waals surface area contributed by atoms with Crippen LogP contribution < -0.4 is 5.32 Å². The Morgan fingerprint density at radius 3 is 2.42 bits per heavy atom. The molecule has 0 saturated heterocycles. The lowest BCUT2D eigenvalue weighted by Gasteiger charge is -2.08. The van der Waals surface area contributed by atoms with Gasteiger partial charge in [-0.3, -0.25) is 9.59 Å². The quantitative estimate of drug-likeness (QED) is 0.629. The van der Waals surface area contributed by atoms with Gasteiger partial charge in [-0.15, -0.1) is 0 Å². The first kappa shape index (κ1) is 17.5. The molecule has 0 saturated carbocycles. The van der Waals surface area contributed by atoms with Crippen LogP contribution in [0.3, 0.4) is 0 Å². The molecule has 126 valence electrons. The highest BCUT2D eigenvalue weighted by atomic mass is 16.5. The van der Waals surface area contributed by atoms with E-state index in [9.17, 15) is 14.4 Å². The number of aryl methyl sites for hydroxylation is 1. The van der Waals surface area contributed by atoms with Crippen LogP contribution in [0.2, 0.25) is 0 Å². The van der Waals surface area contributed by atoms with Crippen molar-refractivity contribution in [1.82, 2.24) is 4.98 Å². The second-order valence-electron chi connectivity index (χ2n) is 5.48. The van der Waals surface area contributed by atoms with Gasteiger partial charge in [0.25, 0.3) is 0 Å². The number of carbonyl (C=O) groups excluding carboxylic acids is 3. The first-order valence-electron chi connectivity index (χ1n) is 7.54. The summed E-state index contributed by atoms with van der Waals surface area (Å²) in [5.41, 5.74) is 3.00. The number of rotatable bonds is 6. The SMILES string of the molecule is CNc1ccccc1C(=O)OCC(=O)c1[nH]c(C)c(C(C)=O)c1C. The Morgan fingerprint density at radius 2 is 1.83 bits per heavy atom. The normalized spacial score (nSPS) is 10.3. The number of Topliss-reactive ketones (excluding diaryl/α,β-unsaturated/α-hetero) is 2. The Morgan fingerprint density at radius 1 is 1.17 bits per heavy atom. The number of H-pyrrole nitrogens is 1. The van der Waals surface area contributed by atoms with Gasteiger partial charge in [0.1, 0.15) is 0 Å². The average Bonchev–Trinajstić information content (AvgIpc) is 2.86. The monoisotopic (exact) mass is 328 g/mol. The molecule has 0 atom stereocenters. The molecule has 2 aromatic rings. The molecular formula is C18H20N2O4. The molecule has 0 fully saturated rings. The van der Waals surface area contributed by atoms with Crippen LogP contribution in [0.5, 0.6) is 0 Å². The molecule has 2 N–H and O–H groups in total. The van der Waals surface area contributed by atoms with Crippen LogP contribution in [0.25, 0.3) is 0 Å². The molecule has 0 aliphatic heterocycles. The Kier molecular flexibility index (Phi) is 5.18. The number of benzene rings is 1. The maximum atomic E-state index is 12.3. The Bertz CT molecular complexity index is 805. The molecule has 24 heavy (non-hydrogen) atoms. The zero-order chi connectivity index (χ0) is 17.9. The van der Waals surface area contributed by atoms with Gasteiger partial charge in [0.2, 0.25) is 5.78 Å². The molecule has 6 nitrogen and oxygen atoms in total. The number of aromatic amines is 1. The number of hydrogen-bond donors (Lipinski definition) is 2. The molecule has 0 amide bonds. The van der Waals surface area contributed by atoms with E-state index in [0.717, 1.165) is 0 Å². The summed E-state index contributed by atoms with van der Waals surface area (Å²) in [6, 6.07) is 6.88. The van der Waals surface area contributed by atoms with E-state index in [1.807, 2.05) is 0 Å². The lowest BCUT2D eigenvalue weighted by Crippen LogP contribution is -2.16. The van der Waals surface area contributed by atoms with E-state index in [2.05, 4.69) is 10.3 Å². The summed E-state index contributed by atoms with van der Waals surface area (Å²) in [7, 11) is 1.70. The fraction of sp³-hybridized carbons (Fsp3) is 0.278. The van der Waals surface area contributed by atoms with Crippen molar-refractivity contribution in [2.45, 2.75) is 20.8 Å². The van der Waals surface area contributed by atoms with Crippen molar-refractivity contribution < 1.29 is 19.1 Å². The Balaban J connectivity index is 2.13. The lowest BCUT2D eigenvalue weighted by atomic mass is 10.1. The summed E-state index contributed by atoms with van der Waals surface area (Å²) in [6.07, 6.45) is 0. The molecule has 1 aromatic heterocycles. The summed E-state index contributed by atoms with van der Waals surface area (Å²) in [4.78, 5) is 39.0. The van der Waals surface area contributed by atoms with E-state index < -0.39 is 12.6 Å². The summed E-state index contributed by atoms with van der Waals surface area (Å²) in [6.45, 7) is 4.49.